The van der Waals surface area contributed by atoms with Gasteiger partial charge >= 0.3 is 5.97 Å². The molecule has 24 heavy (non-hydrogen) atoms. The lowest BCUT2D eigenvalue weighted by atomic mass is 9.47. The highest BCUT2D eigenvalue weighted by atomic mass is 127. The highest BCUT2D eigenvalue weighted by Gasteiger charge is 2.57. The molecule has 0 radical (unpaired) electrons. The van der Waals surface area contributed by atoms with E-state index < -0.39 is 0 Å². The highest BCUT2D eigenvalue weighted by molar-refractivity contribution is 14.1. The van der Waals surface area contributed by atoms with Crippen LogP contribution in [0, 0.1) is 28.6 Å². The van der Waals surface area contributed by atoms with Crippen molar-refractivity contribution in [2.24, 2.45) is 28.6 Å². The lowest BCUT2D eigenvalue weighted by Gasteiger charge is -2.57. The number of hydrogen-bond acceptors (Lipinski definition) is 2. The van der Waals surface area contributed by atoms with Crippen molar-refractivity contribution in [2.45, 2.75) is 66.2 Å². The minimum atomic E-state index is -0.317. The Labute approximate surface area is 160 Å². The van der Waals surface area contributed by atoms with Crippen LogP contribution >= 0.6 is 22.6 Å². The van der Waals surface area contributed by atoms with E-state index >= 15 is 0 Å². The van der Waals surface area contributed by atoms with Crippen molar-refractivity contribution in [2.75, 3.05) is 4.61 Å². The molecule has 0 aromatic rings. The van der Waals surface area contributed by atoms with Crippen molar-refractivity contribution in [1.29, 1.82) is 0 Å². The number of alkyl halides is 1. The summed E-state index contributed by atoms with van der Waals surface area (Å²) in [5, 5.41) is 0. The Bertz CT molecular complexity index is 576. The van der Waals surface area contributed by atoms with Crippen molar-refractivity contribution >= 4 is 28.6 Å². The molecule has 3 aliphatic rings. The third kappa shape index (κ3) is 2.89. The monoisotopic (exact) mass is 442 g/mol. The number of esters is 1. The summed E-state index contributed by atoms with van der Waals surface area (Å²) in [6, 6.07) is 0. The molecule has 0 bridgehead atoms. The average molecular weight is 442 g/mol. The average Bonchev–Trinajstić information content (AvgIpc) is 2.54. The second-order valence-corrected chi connectivity index (χ2v) is 9.40. The van der Waals surface area contributed by atoms with Gasteiger partial charge in [-0.05, 0) is 90.4 Å². The molecule has 0 aliphatic heterocycles. The van der Waals surface area contributed by atoms with Crippen LogP contribution in [0.3, 0.4) is 0 Å². The summed E-state index contributed by atoms with van der Waals surface area (Å²) >= 11 is 2.13. The predicted octanol–water partition coefficient (Wildman–Crippen LogP) is 6.06. The van der Waals surface area contributed by atoms with E-state index in [1.54, 1.807) is 11.1 Å². The zero-order chi connectivity index (χ0) is 17.5. The van der Waals surface area contributed by atoms with Crippen LogP contribution in [0.15, 0.2) is 23.3 Å². The third-order valence-electron chi connectivity index (χ3n) is 7.23. The number of hydrogen-bond donors (Lipinski definition) is 0. The van der Waals surface area contributed by atoms with Gasteiger partial charge in [0.25, 0.3) is 0 Å². The van der Waals surface area contributed by atoms with Gasteiger partial charge in [-0.15, -0.1) is 0 Å². The number of rotatable bonds is 3. The summed E-state index contributed by atoms with van der Waals surface area (Å²) in [5.41, 5.74) is 3.07. The molecule has 0 aromatic carbocycles. The van der Waals surface area contributed by atoms with Crippen molar-refractivity contribution in [1.82, 2.24) is 0 Å². The molecule has 0 spiro atoms. The summed E-state index contributed by atoms with van der Waals surface area (Å²) in [5.74, 6) is 1.70. The fourth-order valence-electron chi connectivity index (χ4n) is 5.80. The normalized spacial score (nSPS) is 38.8. The molecular formula is C21H31IO2. The van der Waals surface area contributed by atoms with Gasteiger partial charge in [0.05, 0.1) is 5.41 Å². The van der Waals surface area contributed by atoms with E-state index in [-0.39, 0.29) is 16.8 Å². The van der Waals surface area contributed by atoms with E-state index in [0.29, 0.717) is 22.4 Å². The summed E-state index contributed by atoms with van der Waals surface area (Å²) < 4.78 is 5.94. The second-order valence-electron chi connectivity index (χ2n) is 8.78. The van der Waals surface area contributed by atoms with Crippen LogP contribution in [0.2, 0.25) is 0 Å². The largest absolute Gasteiger partial charge is 0.455 e. The molecule has 134 valence electrons. The first-order valence-corrected chi connectivity index (χ1v) is 11.0. The molecule has 1 fully saturated rings. The summed E-state index contributed by atoms with van der Waals surface area (Å²) in [6.45, 7) is 9.23. The zero-order valence-corrected chi connectivity index (χ0v) is 17.7. The van der Waals surface area contributed by atoms with E-state index in [9.17, 15) is 4.79 Å². The molecular weight excluding hydrogens is 411 g/mol. The van der Waals surface area contributed by atoms with E-state index in [0.717, 1.165) is 19.3 Å². The van der Waals surface area contributed by atoms with Gasteiger partial charge in [0.2, 0.25) is 0 Å². The minimum Gasteiger partial charge on any atom is -0.455 e. The van der Waals surface area contributed by atoms with Gasteiger partial charge < -0.3 is 4.74 Å². The van der Waals surface area contributed by atoms with Gasteiger partial charge in [-0.1, -0.05) is 44.9 Å². The first kappa shape index (κ1) is 18.5. The lowest BCUT2D eigenvalue weighted by Crippen LogP contribution is -2.53. The molecule has 4 unspecified atom stereocenters. The molecule has 3 aliphatic carbocycles. The van der Waals surface area contributed by atoms with Gasteiger partial charge in [0, 0.05) is 0 Å². The second kappa shape index (κ2) is 6.77. The maximum Gasteiger partial charge on any atom is 0.312 e. The van der Waals surface area contributed by atoms with Crippen molar-refractivity contribution in [3.8, 4) is 0 Å². The van der Waals surface area contributed by atoms with Crippen LogP contribution in [-0.4, -0.2) is 10.6 Å². The lowest BCUT2D eigenvalue weighted by molar-refractivity contribution is -0.166. The smallest absolute Gasteiger partial charge is 0.312 e. The fourth-order valence-corrected chi connectivity index (χ4v) is 6.09. The Kier molecular flexibility index (Phi) is 5.21. The number of ether oxygens (including phenoxy) is 1. The van der Waals surface area contributed by atoms with Gasteiger partial charge in [-0.2, -0.15) is 0 Å². The molecule has 0 heterocycles. The standard InChI is InChI=1S/C21H31IO2/c1-14(2)15-6-8-17-16(12-15)7-9-18-20(17,3)10-5-11-21(18,4)19(23)24-13-22/h7,12,14,17-18H,5-6,8-11,13H2,1-4H3. The van der Waals surface area contributed by atoms with Crippen molar-refractivity contribution < 1.29 is 9.53 Å². The van der Waals surface area contributed by atoms with Crippen molar-refractivity contribution in [3.05, 3.63) is 23.3 Å². The number of fused-ring (bicyclic) bond motifs is 3. The van der Waals surface area contributed by atoms with Crippen molar-refractivity contribution in [3.63, 3.8) is 0 Å². The number of allylic oxidation sites excluding steroid dienone is 4. The van der Waals surface area contributed by atoms with Crippen LogP contribution in [0.1, 0.15) is 66.2 Å². The van der Waals surface area contributed by atoms with Crippen LogP contribution in [-0.2, 0) is 9.53 Å². The van der Waals surface area contributed by atoms with Gasteiger partial charge in [0.15, 0.2) is 0 Å². The maximum absolute atomic E-state index is 12.8. The first-order valence-electron chi connectivity index (χ1n) is 9.46. The minimum absolute atomic E-state index is 0.0268. The predicted molar refractivity (Wildman–Crippen MR) is 107 cm³/mol. The molecule has 2 nitrogen and oxygen atoms in total. The molecule has 3 rings (SSSR count). The molecule has 0 saturated heterocycles. The van der Waals surface area contributed by atoms with Crippen LogP contribution < -0.4 is 0 Å². The maximum atomic E-state index is 12.8. The Balaban J connectivity index is 1.96. The van der Waals surface area contributed by atoms with Crippen LogP contribution in [0.4, 0.5) is 0 Å². The van der Waals surface area contributed by atoms with Crippen LogP contribution in [0.25, 0.3) is 0 Å². The Morgan fingerprint density at radius 2 is 2.12 bits per heavy atom. The quantitative estimate of drug-likeness (QED) is 0.302. The third-order valence-corrected chi connectivity index (χ3v) is 7.54. The van der Waals surface area contributed by atoms with Gasteiger partial charge in [-0.25, -0.2) is 0 Å². The molecule has 0 N–H and O–H groups in total. The number of halogens is 1. The number of carbonyl (C=O) groups is 1. The van der Waals surface area contributed by atoms with Crippen LogP contribution in [0.5, 0.6) is 0 Å². The molecule has 1 saturated carbocycles. The SMILES string of the molecule is CC(C)C1=CC2=CCC3C(C)(C(=O)OCI)CCCC3(C)C2CC1. The van der Waals surface area contributed by atoms with E-state index in [1.165, 1.54) is 19.3 Å². The first-order chi connectivity index (χ1) is 11.3. The van der Waals surface area contributed by atoms with E-state index in [1.807, 2.05) is 0 Å². The summed E-state index contributed by atoms with van der Waals surface area (Å²) in [7, 11) is 0. The zero-order valence-electron chi connectivity index (χ0n) is 15.5. The van der Waals surface area contributed by atoms with E-state index in [4.69, 9.17) is 4.74 Å². The molecule has 4 atom stereocenters. The Morgan fingerprint density at radius 3 is 2.79 bits per heavy atom. The summed E-state index contributed by atoms with van der Waals surface area (Å²) in [6.07, 6.45) is 11.8. The highest BCUT2D eigenvalue weighted by Crippen LogP contribution is 2.62. The fraction of sp³-hybridized carbons (Fsp3) is 0.762. The molecule has 3 heteroatoms. The molecule has 0 aromatic heterocycles. The van der Waals surface area contributed by atoms with Gasteiger partial charge in [-0.3, -0.25) is 4.79 Å². The Morgan fingerprint density at radius 1 is 1.38 bits per heavy atom. The van der Waals surface area contributed by atoms with Gasteiger partial charge in [0.1, 0.15) is 4.61 Å². The summed E-state index contributed by atoms with van der Waals surface area (Å²) in [4.78, 5) is 12.8. The molecule has 0 amide bonds. The Hall–Kier alpha value is -0.320. The topological polar surface area (TPSA) is 26.3 Å². The number of carbonyl (C=O) groups excluding carboxylic acids is 1. The van der Waals surface area contributed by atoms with E-state index in [2.05, 4.69) is 62.4 Å².